The van der Waals surface area contributed by atoms with E-state index in [9.17, 15) is 9.59 Å². The molecule has 1 heterocycles. The van der Waals surface area contributed by atoms with Crippen LogP contribution in [0.1, 0.15) is 38.3 Å². The number of carbonyl (C=O) groups is 2. The predicted octanol–water partition coefficient (Wildman–Crippen LogP) is 3.94. The van der Waals surface area contributed by atoms with Crippen molar-refractivity contribution in [2.75, 3.05) is 13.1 Å². The SMILES string of the molecule is CC(C)(C)OC(=O)[C@H](Cc1ccccc1)N[C@H]1CCN(C(=O)OCc2ccccc2)C1. The standard InChI is InChI=1S/C25H32N2O4/c1-25(2,3)31-23(28)22(16-19-10-6-4-7-11-19)26-21-14-15-27(17-21)24(29)30-18-20-12-8-5-9-13-20/h4-13,21-22,26H,14-18H2,1-3H3/t21-,22-/m0/s1. The van der Waals surface area contributed by atoms with Crippen LogP contribution < -0.4 is 5.32 Å². The van der Waals surface area contributed by atoms with Crippen molar-refractivity contribution in [1.29, 1.82) is 0 Å². The Morgan fingerprint density at radius 3 is 2.26 bits per heavy atom. The molecular weight excluding hydrogens is 392 g/mol. The lowest BCUT2D eigenvalue weighted by atomic mass is 10.0. The Kier molecular flexibility index (Phi) is 7.69. The quantitative estimate of drug-likeness (QED) is 0.682. The van der Waals surface area contributed by atoms with Gasteiger partial charge in [0, 0.05) is 19.1 Å². The van der Waals surface area contributed by atoms with Gasteiger partial charge in [0.2, 0.25) is 0 Å². The minimum atomic E-state index is -0.559. The van der Waals surface area contributed by atoms with E-state index in [0.29, 0.717) is 19.5 Å². The molecule has 0 saturated carbocycles. The number of nitrogens with one attached hydrogen (secondary N) is 1. The molecule has 0 unspecified atom stereocenters. The average Bonchev–Trinajstić information content (AvgIpc) is 3.20. The molecule has 166 valence electrons. The lowest BCUT2D eigenvalue weighted by molar-refractivity contribution is -0.157. The van der Waals surface area contributed by atoms with Gasteiger partial charge in [-0.1, -0.05) is 60.7 Å². The number of hydrogen-bond donors (Lipinski definition) is 1. The van der Waals surface area contributed by atoms with Crippen LogP contribution in [-0.2, 0) is 27.3 Å². The van der Waals surface area contributed by atoms with Crippen molar-refractivity contribution >= 4 is 12.1 Å². The minimum absolute atomic E-state index is 0.00510. The minimum Gasteiger partial charge on any atom is -0.459 e. The van der Waals surface area contributed by atoms with Gasteiger partial charge in [0.1, 0.15) is 18.2 Å². The lowest BCUT2D eigenvalue weighted by Crippen LogP contribution is -2.48. The van der Waals surface area contributed by atoms with Crippen LogP contribution >= 0.6 is 0 Å². The van der Waals surface area contributed by atoms with Crippen molar-refractivity contribution < 1.29 is 19.1 Å². The Morgan fingerprint density at radius 2 is 1.65 bits per heavy atom. The Balaban J connectivity index is 1.56. The number of nitrogens with zero attached hydrogens (tertiary/aromatic N) is 1. The average molecular weight is 425 g/mol. The first kappa shape index (κ1) is 22.8. The molecule has 3 rings (SSSR count). The molecule has 0 aromatic heterocycles. The molecule has 0 aliphatic carbocycles. The molecule has 1 saturated heterocycles. The zero-order chi connectivity index (χ0) is 22.3. The van der Waals surface area contributed by atoms with Gasteiger partial charge in [-0.2, -0.15) is 0 Å². The number of ether oxygens (including phenoxy) is 2. The summed E-state index contributed by atoms with van der Waals surface area (Å²) in [4.78, 5) is 27.0. The van der Waals surface area contributed by atoms with Crippen molar-refractivity contribution in [2.45, 2.75) is 57.9 Å². The van der Waals surface area contributed by atoms with Crippen LogP contribution in [0, 0.1) is 0 Å². The third-order valence-corrected chi connectivity index (χ3v) is 5.06. The normalized spacial score (nSPS) is 17.3. The molecule has 2 aromatic rings. The fraction of sp³-hybridized carbons (Fsp3) is 0.440. The number of rotatable bonds is 7. The van der Waals surface area contributed by atoms with Crippen LogP contribution in [0.5, 0.6) is 0 Å². The van der Waals surface area contributed by atoms with Crippen molar-refractivity contribution in [2.24, 2.45) is 0 Å². The molecule has 6 heteroatoms. The maximum absolute atomic E-state index is 12.8. The zero-order valence-corrected chi connectivity index (χ0v) is 18.5. The number of esters is 1. The van der Waals surface area contributed by atoms with Gasteiger partial charge in [0.15, 0.2) is 0 Å². The third kappa shape index (κ3) is 7.40. The number of amides is 1. The molecule has 0 radical (unpaired) electrons. The smallest absolute Gasteiger partial charge is 0.410 e. The Morgan fingerprint density at radius 1 is 1.03 bits per heavy atom. The van der Waals surface area contributed by atoms with Crippen molar-refractivity contribution in [3.63, 3.8) is 0 Å². The first-order chi connectivity index (χ1) is 14.8. The van der Waals surface area contributed by atoms with Crippen LogP contribution in [0.15, 0.2) is 60.7 Å². The molecule has 2 atom stereocenters. The monoisotopic (exact) mass is 424 g/mol. The van der Waals surface area contributed by atoms with E-state index in [1.165, 1.54) is 0 Å². The summed E-state index contributed by atoms with van der Waals surface area (Å²) in [5.41, 5.74) is 1.46. The molecule has 1 N–H and O–H groups in total. The predicted molar refractivity (Wildman–Crippen MR) is 120 cm³/mol. The lowest BCUT2D eigenvalue weighted by Gasteiger charge is -2.27. The molecule has 6 nitrogen and oxygen atoms in total. The van der Waals surface area contributed by atoms with E-state index in [1.54, 1.807) is 4.90 Å². The Labute approximate surface area is 184 Å². The Bertz CT molecular complexity index is 849. The van der Waals surface area contributed by atoms with E-state index >= 15 is 0 Å². The second-order valence-corrected chi connectivity index (χ2v) is 8.91. The summed E-state index contributed by atoms with van der Waals surface area (Å²) in [7, 11) is 0. The molecule has 0 spiro atoms. The van der Waals surface area contributed by atoms with Crippen molar-refractivity contribution in [3.8, 4) is 0 Å². The highest BCUT2D eigenvalue weighted by molar-refractivity contribution is 5.76. The number of likely N-dealkylation sites (tertiary alicyclic amines) is 1. The van der Waals surface area contributed by atoms with Gasteiger partial charge in [0.25, 0.3) is 0 Å². The first-order valence-electron chi connectivity index (χ1n) is 10.8. The second kappa shape index (κ2) is 10.4. The Hall–Kier alpha value is -2.86. The van der Waals surface area contributed by atoms with Gasteiger partial charge in [-0.15, -0.1) is 0 Å². The van der Waals surface area contributed by atoms with Gasteiger partial charge in [0.05, 0.1) is 0 Å². The van der Waals surface area contributed by atoms with E-state index in [1.807, 2.05) is 81.4 Å². The maximum atomic E-state index is 12.8. The molecule has 1 aliphatic rings. The summed E-state index contributed by atoms with van der Waals surface area (Å²) in [5, 5.41) is 3.42. The summed E-state index contributed by atoms with van der Waals surface area (Å²) < 4.78 is 11.1. The molecule has 1 aliphatic heterocycles. The van der Waals surface area contributed by atoms with Gasteiger partial charge in [-0.05, 0) is 44.7 Å². The van der Waals surface area contributed by atoms with E-state index in [2.05, 4.69) is 5.32 Å². The fourth-order valence-electron chi connectivity index (χ4n) is 3.59. The number of benzene rings is 2. The molecular formula is C25H32N2O4. The maximum Gasteiger partial charge on any atom is 0.410 e. The van der Waals surface area contributed by atoms with Crippen LogP contribution in [0.25, 0.3) is 0 Å². The van der Waals surface area contributed by atoms with Crippen LogP contribution in [0.4, 0.5) is 4.79 Å². The van der Waals surface area contributed by atoms with Gasteiger partial charge in [-0.3, -0.25) is 10.1 Å². The molecule has 0 bridgehead atoms. The van der Waals surface area contributed by atoms with Gasteiger partial charge < -0.3 is 14.4 Å². The summed E-state index contributed by atoms with van der Waals surface area (Å²) in [6.07, 6.45) is 0.962. The molecule has 1 amide bonds. The van der Waals surface area contributed by atoms with E-state index in [-0.39, 0.29) is 24.7 Å². The summed E-state index contributed by atoms with van der Waals surface area (Å²) in [6, 6.07) is 19.0. The number of carbonyl (C=O) groups excluding carboxylic acids is 2. The zero-order valence-electron chi connectivity index (χ0n) is 18.5. The van der Waals surface area contributed by atoms with E-state index in [0.717, 1.165) is 17.5 Å². The fourth-order valence-corrected chi connectivity index (χ4v) is 3.59. The van der Waals surface area contributed by atoms with E-state index < -0.39 is 11.6 Å². The highest BCUT2D eigenvalue weighted by Crippen LogP contribution is 2.16. The second-order valence-electron chi connectivity index (χ2n) is 8.91. The van der Waals surface area contributed by atoms with Crippen molar-refractivity contribution in [1.82, 2.24) is 10.2 Å². The highest BCUT2D eigenvalue weighted by Gasteiger charge is 2.32. The van der Waals surface area contributed by atoms with E-state index in [4.69, 9.17) is 9.47 Å². The van der Waals surface area contributed by atoms with Gasteiger partial charge in [-0.25, -0.2) is 4.79 Å². The highest BCUT2D eigenvalue weighted by atomic mass is 16.6. The van der Waals surface area contributed by atoms with Crippen LogP contribution in [0.2, 0.25) is 0 Å². The summed E-state index contributed by atoms with van der Waals surface area (Å²) in [6.45, 7) is 6.95. The molecule has 31 heavy (non-hydrogen) atoms. The first-order valence-corrected chi connectivity index (χ1v) is 10.8. The van der Waals surface area contributed by atoms with Crippen LogP contribution in [0.3, 0.4) is 0 Å². The van der Waals surface area contributed by atoms with Crippen LogP contribution in [-0.4, -0.2) is 47.7 Å². The topological polar surface area (TPSA) is 67.9 Å². The number of hydrogen-bond acceptors (Lipinski definition) is 5. The molecule has 1 fully saturated rings. The molecule has 2 aromatic carbocycles. The third-order valence-electron chi connectivity index (χ3n) is 5.06. The summed E-state index contributed by atoms with van der Waals surface area (Å²) >= 11 is 0. The summed E-state index contributed by atoms with van der Waals surface area (Å²) in [5.74, 6) is -0.276. The largest absolute Gasteiger partial charge is 0.459 e. The van der Waals surface area contributed by atoms with Crippen molar-refractivity contribution in [3.05, 3.63) is 71.8 Å². The van der Waals surface area contributed by atoms with Gasteiger partial charge >= 0.3 is 12.1 Å².